The number of nitrogens with zero attached hydrogens (tertiary/aromatic N) is 1. The van der Waals surface area contributed by atoms with Crippen LogP contribution in [-0.2, 0) is 23.1 Å². The van der Waals surface area contributed by atoms with Crippen molar-refractivity contribution < 1.29 is 14.3 Å². The molecule has 0 unspecified atom stereocenters. The van der Waals surface area contributed by atoms with Gasteiger partial charge in [-0.05, 0) is 28.9 Å². The van der Waals surface area contributed by atoms with Crippen LogP contribution in [-0.4, -0.2) is 36.8 Å². The Morgan fingerprint density at radius 3 is 2.24 bits per heavy atom. The Labute approximate surface area is 194 Å². The molecule has 0 fully saturated rings. The molecule has 9 heteroatoms. The highest BCUT2D eigenvalue weighted by Gasteiger charge is 2.26. The lowest BCUT2D eigenvalue weighted by atomic mass is 10.0. The Morgan fingerprint density at radius 1 is 1.06 bits per heavy atom. The van der Waals surface area contributed by atoms with E-state index in [1.807, 2.05) is 36.4 Å². The van der Waals surface area contributed by atoms with Gasteiger partial charge in [0.1, 0.15) is 5.75 Å². The van der Waals surface area contributed by atoms with E-state index >= 15 is 0 Å². The summed E-state index contributed by atoms with van der Waals surface area (Å²) in [5.74, 6) is 0.246. The first-order valence-corrected chi connectivity index (χ1v) is 14.1. The van der Waals surface area contributed by atoms with E-state index in [0.717, 1.165) is 16.3 Å². The van der Waals surface area contributed by atoms with Crippen molar-refractivity contribution >= 4 is 36.4 Å². The minimum absolute atomic E-state index is 0.0215. The molecule has 1 aromatic heterocycles. The predicted octanol–water partition coefficient (Wildman–Crippen LogP) is 3.07. The highest BCUT2D eigenvalue weighted by atomic mass is 28.3. The second-order valence-corrected chi connectivity index (χ2v) is 14.0. The fourth-order valence-electron chi connectivity index (χ4n) is 3.70. The molecule has 33 heavy (non-hydrogen) atoms. The third-order valence-electron chi connectivity index (χ3n) is 5.26. The van der Waals surface area contributed by atoms with E-state index in [2.05, 4.69) is 35.4 Å². The first-order valence-electron chi connectivity index (χ1n) is 10.6. The summed E-state index contributed by atoms with van der Waals surface area (Å²) in [6.45, 7) is 8.04. The molecule has 1 heterocycles. The number of rotatable bonds is 7. The lowest BCUT2D eigenvalue weighted by Gasteiger charge is -2.26. The van der Waals surface area contributed by atoms with Gasteiger partial charge in [0.15, 0.2) is 0 Å². The Morgan fingerprint density at radius 2 is 1.73 bits per heavy atom. The van der Waals surface area contributed by atoms with Gasteiger partial charge in [-0.3, -0.25) is 24.2 Å². The van der Waals surface area contributed by atoms with Crippen LogP contribution in [0.2, 0.25) is 19.6 Å². The van der Waals surface area contributed by atoms with E-state index in [9.17, 15) is 14.4 Å². The zero-order chi connectivity index (χ0) is 24.3. The lowest BCUT2D eigenvalue weighted by Crippen LogP contribution is -2.40. The second-order valence-electron chi connectivity index (χ2n) is 8.97. The molecule has 0 aliphatic carbocycles. The number of aromatic amines is 1. The van der Waals surface area contributed by atoms with Crippen LogP contribution in [0.15, 0.2) is 47.3 Å². The van der Waals surface area contributed by atoms with Gasteiger partial charge in [0.05, 0.1) is 27.3 Å². The van der Waals surface area contributed by atoms with Crippen molar-refractivity contribution in [3.8, 4) is 16.9 Å². The van der Waals surface area contributed by atoms with Crippen LogP contribution >= 0.6 is 0 Å². The molecule has 0 saturated carbocycles. The van der Waals surface area contributed by atoms with E-state index in [-0.39, 0.29) is 23.8 Å². The van der Waals surface area contributed by atoms with Crippen molar-refractivity contribution in [2.75, 3.05) is 17.7 Å². The van der Waals surface area contributed by atoms with Crippen LogP contribution in [0.1, 0.15) is 12.6 Å². The molecule has 0 saturated heterocycles. The van der Waals surface area contributed by atoms with Crippen LogP contribution in [0.25, 0.3) is 11.1 Å². The standard InChI is InChI=1S/C24H30N4O4Si/c1-15(29)25-19-11-12-20(33(4,5)6)24(23(19)16-7-9-18(32-3)10-8-16)26-21(30)13-17-14-22(31)28(2)27-17/h7-12,14,27H,13H2,1-6H3,(H,25,29)(H,26,30). The summed E-state index contributed by atoms with van der Waals surface area (Å²) in [7, 11) is 1.30. The number of carbonyl (C=O) groups is 2. The minimum atomic E-state index is -1.90. The summed E-state index contributed by atoms with van der Waals surface area (Å²) in [6.07, 6.45) is 0.0215. The van der Waals surface area contributed by atoms with Gasteiger partial charge in [-0.25, -0.2) is 0 Å². The molecule has 3 N–H and O–H groups in total. The topological polar surface area (TPSA) is 105 Å². The molecule has 2 aromatic carbocycles. The van der Waals surface area contributed by atoms with Gasteiger partial charge in [-0.15, -0.1) is 0 Å². The van der Waals surface area contributed by atoms with Gasteiger partial charge in [-0.2, -0.15) is 0 Å². The SMILES string of the molecule is COc1ccc(-c2c(NC(C)=O)ccc([Si](C)(C)C)c2NC(=O)Cc2cc(=O)n(C)[nH]2)cc1. The van der Waals surface area contributed by atoms with Crippen molar-refractivity contribution in [3.63, 3.8) is 0 Å². The number of ether oxygens (including phenoxy) is 1. The van der Waals surface area contributed by atoms with Crippen molar-refractivity contribution in [3.05, 3.63) is 58.5 Å². The van der Waals surface area contributed by atoms with Gasteiger partial charge in [0.2, 0.25) is 11.8 Å². The number of anilines is 2. The van der Waals surface area contributed by atoms with E-state index < -0.39 is 8.07 Å². The van der Waals surface area contributed by atoms with Gasteiger partial charge < -0.3 is 15.4 Å². The van der Waals surface area contributed by atoms with Crippen LogP contribution in [0, 0.1) is 0 Å². The number of hydrogen-bond acceptors (Lipinski definition) is 4. The molecule has 0 radical (unpaired) electrons. The highest BCUT2D eigenvalue weighted by molar-refractivity contribution is 6.90. The van der Waals surface area contributed by atoms with Crippen LogP contribution < -0.4 is 26.1 Å². The number of H-pyrrole nitrogens is 1. The number of amides is 2. The number of aromatic nitrogens is 2. The summed E-state index contributed by atoms with van der Waals surface area (Å²) < 4.78 is 6.62. The van der Waals surface area contributed by atoms with E-state index in [1.165, 1.54) is 17.7 Å². The summed E-state index contributed by atoms with van der Waals surface area (Å²) in [5.41, 5.74) is 3.18. The Balaban J connectivity index is 2.15. The fourth-order valence-corrected chi connectivity index (χ4v) is 5.23. The molecule has 8 nitrogen and oxygen atoms in total. The first-order chi connectivity index (χ1) is 15.5. The van der Waals surface area contributed by atoms with Crippen molar-refractivity contribution in [2.45, 2.75) is 33.0 Å². The molecule has 2 amide bonds. The first kappa shape index (κ1) is 24.1. The Bertz CT molecular complexity index is 1240. The number of nitrogens with one attached hydrogen (secondary N) is 3. The van der Waals surface area contributed by atoms with Crippen LogP contribution in [0.5, 0.6) is 5.75 Å². The van der Waals surface area contributed by atoms with Crippen molar-refractivity contribution in [2.24, 2.45) is 7.05 Å². The fraction of sp³-hybridized carbons (Fsp3) is 0.292. The van der Waals surface area contributed by atoms with Gasteiger partial charge in [0, 0.05) is 37.0 Å². The molecular weight excluding hydrogens is 436 g/mol. The third kappa shape index (κ3) is 5.61. The van der Waals surface area contributed by atoms with Gasteiger partial charge in [-0.1, -0.05) is 37.8 Å². The molecule has 0 bridgehead atoms. The lowest BCUT2D eigenvalue weighted by molar-refractivity contribution is -0.116. The quantitative estimate of drug-likeness (QED) is 0.465. The highest BCUT2D eigenvalue weighted by Crippen LogP contribution is 2.36. The maximum absolute atomic E-state index is 13.1. The minimum Gasteiger partial charge on any atom is -0.497 e. The van der Waals surface area contributed by atoms with Crippen LogP contribution in [0.3, 0.4) is 0 Å². The van der Waals surface area contributed by atoms with E-state index in [4.69, 9.17) is 4.74 Å². The number of methoxy groups -OCH3 is 1. The largest absolute Gasteiger partial charge is 0.497 e. The second kappa shape index (κ2) is 9.49. The Kier molecular flexibility index (Phi) is 6.92. The zero-order valence-electron chi connectivity index (χ0n) is 19.8. The summed E-state index contributed by atoms with van der Waals surface area (Å²) in [6, 6.07) is 12.8. The molecule has 3 aromatic rings. The molecule has 0 atom stereocenters. The van der Waals surface area contributed by atoms with Crippen molar-refractivity contribution in [1.82, 2.24) is 9.78 Å². The molecular formula is C24H30N4O4Si. The summed E-state index contributed by atoms with van der Waals surface area (Å²) >= 11 is 0. The van der Waals surface area contributed by atoms with Gasteiger partial charge in [0.25, 0.3) is 5.56 Å². The van der Waals surface area contributed by atoms with Crippen molar-refractivity contribution in [1.29, 1.82) is 0 Å². The molecule has 3 rings (SSSR count). The average Bonchev–Trinajstić information content (AvgIpc) is 3.03. The predicted molar refractivity (Wildman–Crippen MR) is 134 cm³/mol. The zero-order valence-corrected chi connectivity index (χ0v) is 20.8. The van der Waals surface area contributed by atoms with Crippen LogP contribution in [0.4, 0.5) is 11.4 Å². The summed E-state index contributed by atoms with van der Waals surface area (Å²) in [4.78, 5) is 36.8. The van der Waals surface area contributed by atoms with E-state index in [0.29, 0.717) is 22.8 Å². The summed E-state index contributed by atoms with van der Waals surface area (Å²) in [5, 5.41) is 9.92. The molecule has 0 spiro atoms. The molecule has 174 valence electrons. The number of benzene rings is 2. The Hall–Kier alpha value is -3.59. The number of aryl methyl sites for hydroxylation is 1. The number of hydrogen-bond donors (Lipinski definition) is 3. The maximum atomic E-state index is 13.1. The number of carbonyl (C=O) groups excluding carboxylic acids is 2. The maximum Gasteiger partial charge on any atom is 0.266 e. The smallest absolute Gasteiger partial charge is 0.266 e. The average molecular weight is 467 g/mol. The third-order valence-corrected chi connectivity index (χ3v) is 7.29. The van der Waals surface area contributed by atoms with E-state index in [1.54, 1.807) is 14.2 Å². The molecule has 0 aliphatic rings. The molecule has 0 aliphatic heterocycles. The van der Waals surface area contributed by atoms with Gasteiger partial charge >= 0.3 is 0 Å². The monoisotopic (exact) mass is 466 g/mol. The normalized spacial score (nSPS) is 11.2.